The normalized spacial score (nSPS) is 18.2. The monoisotopic (exact) mass is 684 g/mol. The molecule has 0 saturated carbocycles. The first-order valence-corrected chi connectivity index (χ1v) is 15.8. The molecule has 6 amide bonds. The van der Waals surface area contributed by atoms with E-state index >= 15 is 0 Å². The second-order valence-electron chi connectivity index (χ2n) is 12.4. The maximum atomic E-state index is 13.6. The van der Waals surface area contributed by atoms with Crippen LogP contribution < -0.4 is 44.2 Å². The quantitative estimate of drug-likeness (QED) is 0.0353. The Labute approximate surface area is 279 Å². The van der Waals surface area contributed by atoms with Gasteiger partial charge in [-0.2, -0.15) is 0 Å². The average molecular weight is 685 g/mol. The number of nitrogens with zero attached hydrogens (tertiary/aromatic N) is 2. The number of carbonyl (C=O) groups excluding carboxylic acids is 6. The zero-order valence-corrected chi connectivity index (χ0v) is 27.9. The predicted octanol–water partition coefficient (Wildman–Crippen LogP) is -4.05. The largest absolute Gasteiger partial charge is 0.480 e. The molecule has 0 bridgehead atoms. The number of hydrogen-bond donors (Lipinski definition) is 10. The van der Waals surface area contributed by atoms with Crippen LogP contribution in [0.2, 0.25) is 0 Å². The summed E-state index contributed by atoms with van der Waals surface area (Å²) in [4.78, 5) is 93.1. The summed E-state index contributed by atoms with van der Waals surface area (Å²) in [5.74, 6) is -6.67. The van der Waals surface area contributed by atoms with Gasteiger partial charge in [0.25, 0.3) is 0 Å². The first-order chi connectivity index (χ1) is 22.3. The molecule has 1 saturated heterocycles. The van der Waals surface area contributed by atoms with Crippen molar-refractivity contribution < 1.29 is 43.8 Å². The molecule has 0 aromatic heterocycles. The van der Waals surface area contributed by atoms with Gasteiger partial charge in [0.15, 0.2) is 5.96 Å². The highest BCUT2D eigenvalue weighted by Crippen LogP contribution is 2.19. The second kappa shape index (κ2) is 20.0. The molecule has 19 heteroatoms. The summed E-state index contributed by atoms with van der Waals surface area (Å²) in [6.45, 7) is 6.50. The van der Waals surface area contributed by atoms with Gasteiger partial charge in [-0.25, -0.2) is 4.79 Å². The molecule has 14 N–H and O–H groups in total. The summed E-state index contributed by atoms with van der Waals surface area (Å²) in [5.41, 5.74) is 21.3. The number of carbonyl (C=O) groups is 7. The van der Waals surface area contributed by atoms with Crippen LogP contribution in [0.5, 0.6) is 0 Å². The summed E-state index contributed by atoms with van der Waals surface area (Å²) in [6, 6.07) is -5.97. The lowest BCUT2D eigenvalue weighted by Crippen LogP contribution is -2.59. The van der Waals surface area contributed by atoms with Crippen molar-refractivity contribution in [2.24, 2.45) is 39.8 Å². The minimum Gasteiger partial charge on any atom is -0.480 e. The van der Waals surface area contributed by atoms with Crippen LogP contribution in [0.1, 0.15) is 66.2 Å². The molecule has 0 unspecified atom stereocenters. The Kier molecular flexibility index (Phi) is 17.3. The summed E-state index contributed by atoms with van der Waals surface area (Å²) in [7, 11) is 0. The number of aliphatic hydroxyl groups is 1. The number of aliphatic imine (C=N–C) groups is 1. The van der Waals surface area contributed by atoms with Crippen molar-refractivity contribution in [3.05, 3.63) is 0 Å². The van der Waals surface area contributed by atoms with Gasteiger partial charge in [0.05, 0.1) is 24.5 Å². The van der Waals surface area contributed by atoms with E-state index < -0.39 is 96.0 Å². The standard InChI is InChI=1S/C29H52N10O9/c1-14(2)22(38-25(44)18(30)12-21(31)41)26(45)35-16(4)23(42)37-20(11-15(3)40)27(46)39-10-6-7-17(13-39)24(43)36-19(28(47)48)8-5-9-34-29(32)33/h14-20,22,40H,5-13,30H2,1-4H3,(H2,31,41)(H,35,45)(H,36,43)(H,37,42)(H,38,44)(H,47,48)(H4,32,33,34)/t15-,16+,17-,18+,19+,20+,22+/m1/s1. The highest BCUT2D eigenvalue weighted by molar-refractivity contribution is 5.95. The molecule has 1 aliphatic heterocycles. The number of guanidine groups is 1. The van der Waals surface area contributed by atoms with Crippen molar-refractivity contribution in [2.45, 2.75) is 103 Å². The molecule has 1 aliphatic rings. The van der Waals surface area contributed by atoms with E-state index in [-0.39, 0.29) is 38.4 Å². The van der Waals surface area contributed by atoms with Gasteiger partial charge >= 0.3 is 5.97 Å². The van der Waals surface area contributed by atoms with E-state index in [4.69, 9.17) is 22.9 Å². The molecule has 272 valence electrons. The number of nitrogens with two attached hydrogens (primary N) is 4. The predicted molar refractivity (Wildman–Crippen MR) is 173 cm³/mol. The van der Waals surface area contributed by atoms with E-state index in [0.29, 0.717) is 19.3 Å². The van der Waals surface area contributed by atoms with Crippen LogP contribution in [-0.4, -0.2) is 118 Å². The number of aliphatic hydroxyl groups excluding tert-OH is 1. The third-order valence-corrected chi connectivity index (χ3v) is 7.61. The Morgan fingerprint density at radius 1 is 0.896 bits per heavy atom. The molecule has 0 radical (unpaired) electrons. The van der Waals surface area contributed by atoms with Crippen molar-refractivity contribution in [3.63, 3.8) is 0 Å². The number of carboxylic acids is 1. The number of piperidine rings is 1. The van der Waals surface area contributed by atoms with E-state index in [1.807, 2.05) is 0 Å². The lowest BCUT2D eigenvalue weighted by Gasteiger charge is -2.35. The van der Waals surface area contributed by atoms with Crippen molar-refractivity contribution >= 4 is 47.4 Å². The number of amides is 6. The molecule has 1 heterocycles. The van der Waals surface area contributed by atoms with E-state index in [9.17, 15) is 43.8 Å². The minimum absolute atomic E-state index is 0.0445. The van der Waals surface area contributed by atoms with Crippen LogP contribution in [0.4, 0.5) is 0 Å². The summed E-state index contributed by atoms with van der Waals surface area (Å²) >= 11 is 0. The SMILES string of the molecule is CC(C)[C@H](NC(=O)[C@@H](N)CC(N)=O)C(=O)N[C@@H](C)C(=O)N[C@@H](C[C@@H](C)O)C(=O)N1CCC[C@@H](C(=O)N[C@@H](CCCN=C(N)N)C(=O)O)C1. The smallest absolute Gasteiger partial charge is 0.326 e. The number of nitrogens with one attached hydrogen (secondary N) is 4. The molecular weight excluding hydrogens is 632 g/mol. The molecule has 7 atom stereocenters. The molecule has 0 spiro atoms. The maximum absolute atomic E-state index is 13.6. The highest BCUT2D eigenvalue weighted by Gasteiger charge is 2.36. The maximum Gasteiger partial charge on any atom is 0.326 e. The van der Waals surface area contributed by atoms with Gasteiger partial charge < -0.3 is 59.3 Å². The second-order valence-corrected chi connectivity index (χ2v) is 12.4. The fraction of sp³-hybridized carbons (Fsp3) is 0.724. The van der Waals surface area contributed by atoms with Gasteiger partial charge in [0.2, 0.25) is 35.4 Å². The zero-order chi connectivity index (χ0) is 36.7. The van der Waals surface area contributed by atoms with Crippen LogP contribution in [0.15, 0.2) is 4.99 Å². The average Bonchev–Trinajstić information content (AvgIpc) is 2.99. The topological polar surface area (TPSA) is 328 Å². The fourth-order valence-corrected chi connectivity index (χ4v) is 4.99. The summed E-state index contributed by atoms with van der Waals surface area (Å²) < 4.78 is 0. The van der Waals surface area contributed by atoms with E-state index in [1.165, 1.54) is 18.7 Å². The molecule has 1 fully saturated rings. The Balaban J connectivity index is 2.91. The molecule has 0 aliphatic carbocycles. The number of aliphatic carboxylic acids is 1. The van der Waals surface area contributed by atoms with Crippen LogP contribution in [0.25, 0.3) is 0 Å². The first-order valence-electron chi connectivity index (χ1n) is 15.8. The minimum atomic E-state index is -1.27. The van der Waals surface area contributed by atoms with Crippen LogP contribution in [0, 0.1) is 11.8 Å². The number of rotatable bonds is 19. The Morgan fingerprint density at radius 3 is 2.08 bits per heavy atom. The third kappa shape index (κ3) is 14.5. The van der Waals surface area contributed by atoms with Gasteiger partial charge in [-0.3, -0.25) is 33.8 Å². The molecule has 48 heavy (non-hydrogen) atoms. The van der Waals surface area contributed by atoms with Gasteiger partial charge in [-0.15, -0.1) is 0 Å². The van der Waals surface area contributed by atoms with Gasteiger partial charge in [-0.1, -0.05) is 13.8 Å². The van der Waals surface area contributed by atoms with Crippen molar-refractivity contribution in [1.82, 2.24) is 26.2 Å². The first kappa shape index (κ1) is 41.5. The zero-order valence-electron chi connectivity index (χ0n) is 27.9. The number of hydrogen-bond acceptors (Lipinski definition) is 10. The molecule has 0 aromatic carbocycles. The molecule has 19 nitrogen and oxygen atoms in total. The van der Waals surface area contributed by atoms with Crippen molar-refractivity contribution in [1.29, 1.82) is 0 Å². The van der Waals surface area contributed by atoms with Crippen LogP contribution in [-0.2, 0) is 33.6 Å². The summed E-state index contributed by atoms with van der Waals surface area (Å²) in [6.07, 6.45) is -0.388. The van der Waals surface area contributed by atoms with E-state index in [0.717, 1.165) is 0 Å². The van der Waals surface area contributed by atoms with Gasteiger partial charge in [0.1, 0.15) is 24.2 Å². The molecule has 0 aromatic rings. The fourth-order valence-electron chi connectivity index (χ4n) is 4.99. The molecule has 1 rings (SSSR count). The summed E-state index contributed by atoms with van der Waals surface area (Å²) in [5, 5.41) is 29.7. The Hall–Kier alpha value is -4.52. The molecular formula is C29H52N10O9. The third-order valence-electron chi connectivity index (χ3n) is 7.61. The van der Waals surface area contributed by atoms with Crippen molar-refractivity contribution in [2.75, 3.05) is 19.6 Å². The van der Waals surface area contributed by atoms with E-state index in [2.05, 4.69) is 26.3 Å². The van der Waals surface area contributed by atoms with Crippen LogP contribution >= 0.6 is 0 Å². The number of primary amides is 1. The van der Waals surface area contributed by atoms with E-state index in [1.54, 1.807) is 13.8 Å². The highest BCUT2D eigenvalue weighted by atomic mass is 16.4. The number of carboxylic acid groups (broad SMARTS) is 1. The lowest BCUT2D eigenvalue weighted by atomic mass is 9.95. The van der Waals surface area contributed by atoms with Crippen LogP contribution in [0.3, 0.4) is 0 Å². The number of likely N-dealkylation sites (tertiary alicyclic amines) is 1. The van der Waals surface area contributed by atoms with Gasteiger partial charge in [-0.05, 0) is 45.4 Å². The van der Waals surface area contributed by atoms with Gasteiger partial charge in [0, 0.05) is 26.1 Å². The van der Waals surface area contributed by atoms with Crippen molar-refractivity contribution in [3.8, 4) is 0 Å². The lowest BCUT2D eigenvalue weighted by molar-refractivity contribution is -0.144. The Bertz CT molecular complexity index is 1190. The Morgan fingerprint density at radius 2 is 1.54 bits per heavy atom.